The lowest BCUT2D eigenvalue weighted by Crippen LogP contribution is -2.20. The van der Waals surface area contributed by atoms with E-state index in [1.807, 2.05) is 6.07 Å². The molecule has 0 saturated carbocycles. The predicted octanol–water partition coefficient (Wildman–Crippen LogP) is 3.19. The first-order chi connectivity index (χ1) is 7.94. The first-order valence-electron chi connectivity index (χ1n) is 5.75. The van der Waals surface area contributed by atoms with E-state index in [1.165, 1.54) is 0 Å². The fraction of sp³-hybridized carbons (Fsp3) is 0.462. The number of amides is 1. The van der Waals surface area contributed by atoms with Crippen LogP contribution in [0, 0.1) is 5.41 Å². The number of hydrogen-bond donors (Lipinski definition) is 2. The third kappa shape index (κ3) is 3.40. The molecule has 0 aliphatic carbocycles. The molecule has 0 atom stereocenters. The molecule has 0 spiro atoms. The quantitative estimate of drug-likeness (QED) is 0.847. The van der Waals surface area contributed by atoms with Gasteiger partial charge in [-0.05, 0) is 23.6 Å². The van der Waals surface area contributed by atoms with Crippen molar-refractivity contribution in [3.8, 4) is 0 Å². The molecular weight excluding hydrogens is 232 g/mol. The van der Waals surface area contributed by atoms with Crippen molar-refractivity contribution in [2.75, 3.05) is 22.9 Å². The minimum Gasteiger partial charge on any atom is -0.384 e. The average Bonchev–Trinajstić information content (AvgIpc) is 2.24. The molecule has 0 fully saturated rings. The van der Waals surface area contributed by atoms with E-state index < -0.39 is 0 Å². The summed E-state index contributed by atoms with van der Waals surface area (Å²) >= 11 is 1.59. The zero-order valence-corrected chi connectivity index (χ0v) is 11.3. The predicted molar refractivity (Wildman–Crippen MR) is 73.7 cm³/mol. The molecule has 1 amide bonds. The van der Waals surface area contributed by atoms with Crippen molar-refractivity contribution in [2.24, 2.45) is 5.41 Å². The second-order valence-electron chi connectivity index (χ2n) is 5.46. The summed E-state index contributed by atoms with van der Waals surface area (Å²) < 4.78 is 0. The van der Waals surface area contributed by atoms with E-state index >= 15 is 0 Å². The van der Waals surface area contributed by atoms with Gasteiger partial charge in [0.1, 0.15) is 0 Å². The highest BCUT2D eigenvalue weighted by Crippen LogP contribution is 2.33. The lowest BCUT2D eigenvalue weighted by molar-refractivity contribution is -0.113. The van der Waals surface area contributed by atoms with Crippen LogP contribution in [0.3, 0.4) is 0 Å². The zero-order valence-electron chi connectivity index (χ0n) is 10.5. The van der Waals surface area contributed by atoms with Crippen LogP contribution in [0.25, 0.3) is 0 Å². The monoisotopic (exact) mass is 250 g/mol. The van der Waals surface area contributed by atoms with Gasteiger partial charge in [-0.1, -0.05) is 20.8 Å². The number of thioether (sulfide) groups is 1. The third-order valence-corrected chi connectivity index (χ3v) is 3.51. The van der Waals surface area contributed by atoms with E-state index in [-0.39, 0.29) is 11.3 Å². The summed E-state index contributed by atoms with van der Waals surface area (Å²) in [7, 11) is 0. The topological polar surface area (TPSA) is 41.1 Å². The Morgan fingerprint density at radius 1 is 1.41 bits per heavy atom. The number of carbonyl (C=O) groups is 1. The molecule has 1 aliphatic heterocycles. The van der Waals surface area contributed by atoms with Crippen LogP contribution in [0.2, 0.25) is 0 Å². The van der Waals surface area contributed by atoms with Gasteiger partial charge < -0.3 is 10.6 Å². The third-order valence-electron chi connectivity index (χ3n) is 2.44. The van der Waals surface area contributed by atoms with Crippen molar-refractivity contribution in [3.63, 3.8) is 0 Å². The highest BCUT2D eigenvalue weighted by atomic mass is 32.2. The number of hydrogen-bond acceptors (Lipinski definition) is 3. The summed E-state index contributed by atoms with van der Waals surface area (Å²) in [5, 5.41) is 6.29. The zero-order chi connectivity index (χ0) is 12.5. The minimum absolute atomic E-state index is 0.0791. The summed E-state index contributed by atoms with van der Waals surface area (Å²) in [4.78, 5) is 12.4. The van der Waals surface area contributed by atoms with E-state index in [2.05, 4.69) is 43.5 Å². The van der Waals surface area contributed by atoms with Crippen LogP contribution >= 0.6 is 11.8 Å². The van der Waals surface area contributed by atoms with Crippen LogP contribution in [0.5, 0.6) is 0 Å². The largest absolute Gasteiger partial charge is 0.384 e. The van der Waals surface area contributed by atoms with E-state index in [0.29, 0.717) is 5.75 Å². The maximum atomic E-state index is 11.3. The number of carbonyl (C=O) groups excluding carboxylic acids is 1. The molecule has 92 valence electrons. The molecule has 3 nitrogen and oxygen atoms in total. The average molecular weight is 250 g/mol. The standard InChI is InChI=1S/C13H18N2OS/c1-13(2,3)8-14-9-4-5-11-10(6-9)15-12(16)7-17-11/h4-6,14H,7-8H2,1-3H3,(H,15,16). The van der Waals surface area contributed by atoms with E-state index in [4.69, 9.17) is 0 Å². The molecule has 0 aromatic heterocycles. The Labute approximate surface area is 106 Å². The van der Waals surface area contributed by atoms with E-state index in [0.717, 1.165) is 22.8 Å². The Morgan fingerprint density at radius 3 is 2.88 bits per heavy atom. The Bertz CT molecular complexity index is 438. The summed E-state index contributed by atoms with van der Waals surface area (Å²) in [5.41, 5.74) is 2.22. The molecule has 2 rings (SSSR count). The van der Waals surface area contributed by atoms with E-state index in [9.17, 15) is 4.79 Å². The second-order valence-corrected chi connectivity index (χ2v) is 6.48. The summed E-state index contributed by atoms with van der Waals surface area (Å²) in [6, 6.07) is 6.13. The normalized spacial score (nSPS) is 15.1. The molecule has 0 radical (unpaired) electrons. The molecule has 0 unspecified atom stereocenters. The first kappa shape index (κ1) is 12.3. The summed E-state index contributed by atoms with van der Waals surface area (Å²) in [5.74, 6) is 0.595. The molecule has 1 aromatic carbocycles. The van der Waals surface area contributed by atoms with Crippen molar-refractivity contribution in [1.82, 2.24) is 0 Å². The van der Waals surface area contributed by atoms with Crippen LogP contribution in [-0.4, -0.2) is 18.2 Å². The second kappa shape index (κ2) is 4.61. The Balaban J connectivity index is 2.10. The Morgan fingerprint density at radius 2 is 2.18 bits per heavy atom. The van der Waals surface area contributed by atoms with Gasteiger partial charge in [-0.3, -0.25) is 4.79 Å². The van der Waals surface area contributed by atoms with Gasteiger partial charge in [0, 0.05) is 17.1 Å². The lowest BCUT2D eigenvalue weighted by atomic mass is 9.97. The summed E-state index contributed by atoms with van der Waals surface area (Å²) in [6.07, 6.45) is 0. The molecule has 4 heteroatoms. The smallest absolute Gasteiger partial charge is 0.234 e. The first-order valence-corrected chi connectivity index (χ1v) is 6.73. The minimum atomic E-state index is 0.0791. The fourth-order valence-corrected chi connectivity index (χ4v) is 2.35. The van der Waals surface area contributed by atoms with Gasteiger partial charge in [-0.25, -0.2) is 0 Å². The number of rotatable bonds is 2. The van der Waals surface area contributed by atoms with E-state index in [1.54, 1.807) is 11.8 Å². The van der Waals surface area contributed by atoms with Gasteiger partial charge in [0.25, 0.3) is 0 Å². The molecule has 1 aromatic rings. The van der Waals surface area contributed by atoms with Crippen molar-refractivity contribution in [2.45, 2.75) is 25.7 Å². The van der Waals surface area contributed by atoms with Gasteiger partial charge >= 0.3 is 0 Å². The Kier molecular flexibility index (Phi) is 3.33. The maximum absolute atomic E-state index is 11.3. The van der Waals surface area contributed by atoms with Crippen molar-refractivity contribution >= 4 is 29.0 Å². The lowest BCUT2D eigenvalue weighted by Gasteiger charge is -2.21. The Hall–Kier alpha value is -1.16. The molecule has 1 aliphatic rings. The van der Waals surface area contributed by atoms with Gasteiger partial charge in [0.2, 0.25) is 5.91 Å². The number of fused-ring (bicyclic) bond motifs is 1. The maximum Gasteiger partial charge on any atom is 0.234 e. The van der Waals surface area contributed by atoms with Crippen molar-refractivity contribution in [3.05, 3.63) is 18.2 Å². The molecule has 17 heavy (non-hydrogen) atoms. The van der Waals surface area contributed by atoms with Crippen molar-refractivity contribution < 1.29 is 4.79 Å². The van der Waals surface area contributed by atoms with Crippen LogP contribution in [0.15, 0.2) is 23.1 Å². The van der Waals surface area contributed by atoms with Gasteiger partial charge in [0.05, 0.1) is 11.4 Å². The molecule has 0 saturated heterocycles. The molecule has 1 heterocycles. The highest BCUT2D eigenvalue weighted by molar-refractivity contribution is 8.00. The van der Waals surface area contributed by atoms with Gasteiger partial charge in [-0.2, -0.15) is 0 Å². The van der Waals surface area contributed by atoms with Crippen LogP contribution in [0.1, 0.15) is 20.8 Å². The van der Waals surface area contributed by atoms with Gasteiger partial charge in [-0.15, -0.1) is 11.8 Å². The highest BCUT2D eigenvalue weighted by Gasteiger charge is 2.16. The SMILES string of the molecule is CC(C)(C)CNc1ccc2c(c1)NC(=O)CS2. The molecule has 0 bridgehead atoms. The molecular formula is C13H18N2OS. The fourth-order valence-electron chi connectivity index (χ4n) is 1.56. The molecule has 2 N–H and O–H groups in total. The van der Waals surface area contributed by atoms with Crippen LogP contribution in [0.4, 0.5) is 11.4 Å². The van der Waals surface area contributed by atoms with Crippen LogP contribution < -0.4 is 10.6 Å². The summed E-state index contributed by atoms with van der Waals surface area (Å²) in [6.45, 7) is 7.48. The van der Waals surface area contributed by atoms with Gasteiger partial charge in [0.15, 0.2) is 0 Å². The van der Waals surface area contributed by atoms with Crippen molar-refractivity contribution in [1.29, 1.82) is 0 Å². The number of benzene rings is 1. The van der Waals surface area contributed by atoms with Crippen LogP contribution in [-0.2, 0) is 4.79 Å². The number of nitrogens with one attached hydrogen (secondary N) is 2. The number of anilines is 2.